The molecule has 0 aliphatic heterocycles. The van der Waals surface area contributed by atoms with Crippen LogP contribution < -0.4 is 20.3 Å². The van der Waals surface area contributed by atoms with Crippen molar-refractivity contribution in [3.05, 3.63) is 99.5 Å². The van der Waals surface area contributed by atoms with E-state index in [1.807, 2.05) is 67.6 Å². The monoisotopic (exact) mass is 628 g/mol. The predicted molar refractivity (Wildman–Crippen MR) is 171 cm³/mol. The number of nitrogens with one attached hydrogen (secondary N) is 1. The van der Waals surface area contributed by atoms with Crippen molar-refractivity contribution in [3.8, 4) is 17.2 Å². The summed E-state index contributed by atoms with van der Waals surface area (Å²) in [6, 6.07) is 23.6. The normalized spacial score (nSPS) is 12.0. The Morgan fingerprint density at radius 3 is 2.36 bits per heavy atom. The van der Waals surface area contributed by atoms with Crippen molar-refractivity contribution < 1.29 is 14.3 Å². The Morgan fingerprint density at radius 2 is 1.64 bits per heavy atom. The van der Waals surface area contributed by atoms with E-state index in [1.165, 1.54) is 0 Å². The van der Waals surface area contributed by atoms with Crippen LogP contribution in [0.5, 0.6) is 11.5 Å². The van der Waals surface area contributed by atoms with Crippen molar-refractivity contribution in [2.45, 2.75) is 26.8 Å². The summed E-state index contributed by atoms with van der Waals surface area (Å²) in [5.74, 6) is 1.56. The van der Waals surface area contributed by atoms with Crippen LogP contribution in [-0.4, -0.2) is 41.2 Å². The lowest BCUT2D eigenvalue weighted by Crippen LogP contribution is -2.41. The van der Waals surface area contributed by atoms with Gasteiger partial charge in [0.25, 0.3) is 5.56 Å². The molecule has 0 bridgehead atoms. The molecule has 8 nitrogen and oxygen atoms in total. The molecule has 4 aromatic carbocycles. The molecule has 0 fully saturated rings. The Labute approximate surface area is 253 Å². The number of anilines is 1. The van der Waals surface area contributed by atoms with Crippen LogP contribution >= 0.6 is 15.9 Å². The zero-order valence-corrected chi connectivity index (χ0v) is 25.8. The summed E-state index contributed by atoms with van der Waals surface area (Å²) >= 11 is 3.64. The van der Waals surface area contributed by atoms with Crippen LogP contribution in [0.3, 0.4) is 0 Å². The van der Waals surface area contributed by atoms with Crippen molar-refractivity contribution in [1.82, 2.24) is 14.5 Å². The Hall–Kier alpha value is -4.37. The van der Waals surface area contributed by atoms with E-state index in [1.54, 1.807) is 41.9 Å². The first-order valence-electron chi connectivity index (χ1n) is 13.7. The number of amides is 2. The summed E-state index contributed by atoms with van der Waals surface area (Å²) in [7, 11) is 3.11. The number of nitrogens with zero attached hydrogens (tertiary/aromatic N) is 3. The molecular formula is C33H33BrN4O4. The number of carbonyl (C=O) groups excluding carboxylic acids is 1. The van der Waals surface area contributed by atoms with Crippen molar-refractivity contribution in [3.63, 3.8) is 0 Å². The van der Waals surface area contributed by atoms with E-state index in [9.17, 15) is 9.59 Å². The van der Waals surface area contributed by atoms with Gasteiger partial charge in [-0.2, -0.15) is 0 Å². The van der Waals surface area contributed by atoms with Gasteiger partial charge in [-0.1, -0.05) is 62.4 Å². The molecule has 0 saturated heterocycles. The smallest absolute Gasteiger partial charge is 0.322 e. The zero-order chi connectivity index (χ0) is 30.0. The van der Waals surface area contributed by atoms with Gasteiger partial charge >= 0.3 is 6.03 Å². The fourth-order valence-electron chi connectivity index (χ4n) is 5.12. The summed E-state index contributed by atoms with van der Waals surface area (Å²) in [5, 5.41) is 5.55. The Kier molecular flexibility index (Phi) is 8.49. The van der Waals surface area contributed by atoms with E-state index in [0.29, 0.717) is 50.6 Å². The van der Waals surface area contributed by atoms with E-state index in [-0.39, 0.29) is 17.5 Å². The third-order valence-electron chi connectivity index (χ3n) is 7.19. The van der Waals surface area contributed by atoms with Gasteiger partial charge in [0.15, 0.2) is 0 Å². The second-order valence-corrected chi connectivity index (χ2v) is 11.3. The first kappa shape index (κ1) is 29.1. The molecule has 0 spiro atoms. The van der Waals surface area contributed by atoms with Crippen molar-refractivity contribution >= 4 is 49.3 Å². The largest absolute Gasteiger partial charge is 0.497 e. The van der Waals surface area contributed by atoms with Gasteiger partial charge in [-0.05, 0) is 52.4 Å². The maximum Gasteiger partial charge on any atom is 0.322 e. The number of urea groups is 1. The number of aromatic nitrogens is 2. The summed E-state index contributed by atoms with van der Waals surface area (Å²) in [5.41, 5.74) is 1.49. The maximum atomic E-state index is 14.2. The Bertz CT molecular complexity index is 1830. The van der Waals surface area contributed by atoms with E-state index in [4.69, 9.17) is 14.5 Å². The van der Waals surface area contributed by atoms with Crippen LogP contribution in [0.4, 0.5) is 10.5 Å². The quantitative estimate of drug-likeness (QED) is 0.191. The highest BCUT2D eigenvalue weighted by atomic mass is 79.9. The van der Waals surface area contributed by atoms with Gasteiger partial charge in [-0.15, -0.1) is 0 Å². The van der Waals surface area contributed by atoms with Crippen LogP contribution in [-0.2, 0) is 0 Å². The van der Waals surface area contributed by atoms with Gasteiger partial charge in [-0.3, -0.25) is 9.36 Å². The average Bonchev–Trinajstić information content (AvgIpc) is 3.00. The van der Waals surface area contributed by atoms with Crippen LogP contribution in [0, 0.1) is 5.92 Å². The van der Waals surface area contributed by atoms with E-state index < -0.39 is 6.04 Å². The van der Waals surface area contributed by atoms with Gasteiger partial charge in [0.05, 0.1) is 47.0 Å². The molecular weight excluding hydrogens is 596 g/mol. The SMILES string of the molecule is COc1cc(OC)c(Br)c(-n2c(C(C)N(CC(C)C)C(=O)Nc3cccc4ccccc34)nc3ccccc3c2=O)c1. The fourth-order valence-corrected chi connectivity index (χ4v) is 5.69. The number of hydrogen-bond donors (Lipinski definition) is 1. The van der Waals surface area contributed by atoms with Gasteiger partial charge in [0.2, 0.25) is 0 Å². The van der Waals surface area contributed by atoms with Gasteiger partial charge in [0, 0.05) is 24.1 Å². The number of fused-ring (bicyclic) bond motifs is 2. The van der Waals surface area contributed by atoms with Crippen LogP contribution in [0.1, 0.15) is 32.6 Å². The van der Waals surface area contributed by atoms with E-state index >= 15 is 0 Å². The number of halogens is 1. The van der Waals surface area contributed by atoms with Crippen molar-refractivity contribution in [2.75, 3.05) is 26.1 Å². The molecule has 2 amide bonds. The number of para-hydroxylation sites is 1. The summed E-state index contributed by atoms with van der Waals surface area (Å²) < 4.78 is 13.2. The third-order valence-corrected chi connectivity index (χ3v) is 7.98. The summed E-state index contributed by atoms with van der Waals surface area (Å²) in [4.78, 5) is 34.9. The predicted octanol–water partition coefficient (Wildman–Crippen LogP) is 7.57. The highest BCUT2D eigenvalue weighted by molar-refractivity contribution is 9.10. The lowest BCUT2D eigenvalue weighted by molar-refractivity contribution is 0.179. The highest BCUT2D eigenvalue weighted by Gasteiger charge is 2.29. The molecule has 0 aliphatic rings. The van der Waals surface area contributed by atoms with E-state index in [0.717, 1.165) is 10.8 Å². The van der Waals surface area contributed by atoms with Crippen LogP contribution in [0.15, 0.2) is 88.1 Å². The van der Waals surface area contributed by atoms with Gasteiger partial charge in [0.1, 0.15) is 17.3 Å². The number of rotatable bonds is 8. The summed E-state index contributed by atoms with van der Waals surface area (Å²) in [6.45, 7) is 6.43. The fraction of sp³-hybridized carbons (Fsp3) is 0.242. The molecule has 216 valence electrons. The highest BCUT2D eigenvalue weighted by Crippen LogP contribution is 2.37. The molecule has 1 atom stereocenters. The van der Waals surface area contributed by atoms with Crippen LogP contribution in [0.25, 0.3) is 27.4 Å². The molecule has 9 heteroatoms. The van der Waals surface area contributed by atoms with Gasteiger partial charge < -0.3 is 19.7 Å². The molecule has 5 rings (SSSR count). The first-order chi connectivity index (χ1) is 20.2. The van der Waals surface area contributed by atoms with Crippen molar-refractivity contribution in [2.24, 2.45) is 5.92 Å². The molecule has 0 saturated carbocycles. The topological polar surface area (TPSA) is 85.7 Å². The van der Waals surface area contributed by atoms with Crippen LogP contribution in [0.2, 0.25) is 0 Å². The lowest BCUT2D eigenvalue weighted by atomic mass is 10.1. The zero-order valence-electron chi connectivity index (χ0n) is 24.2. The van der Waals surface area contributed by atoms with Gasteiger partial charge in [-0.25, -0.2) is 9.78 Å². The van der Waals surface area contributed by atoms with E-state index in [2.05, 4.69) is 35.1 Å². The lowest BCUT2D eigenvalue weighted by Gasteiger charge is -2.32. The molecule has 1 unspecified atom stereocenters. The minimum Gasteiger partial charge on any atom is -0.497 e. The maximum absolute atomic E-state index is 14.2. The molecule has 42 heavy (non-hydrogen) atoms. The molecule has 0 radical (unpaired) electrons. The molecule has 1 aromatic heterocycles. The minimum atomic E-state index is -0.594. The second-order valence-electron chi connectivity index (χ2n) is 10.5. The Balaban J connectivity index is 1.68. The summed E-state index contributed by atoms with van der Waals surface area (Å²) in [6.07, 6.45) is 0. The molecule has 0 aliphatic carbocycles. The number of hydrogen-bond acceptors (Lipinski definition) is 5. The average molecular weight is 630 g/mol. The third kappa shape index (κ3) is 5.56. The second kappa shape index (κ2) is 12.2. The minimum absolute atomic E-state index is 0.148. The van der Waals surface area contributed by atoms with Crippen molar-refractivity contribution in [1.29, 1.82) is 0 Å². The molecule has 1 N–H and O–H groups in total. The number of benzene rings is 4. The molecule has 5 aromatic rings. The number of carbonyl (C=O) groups is 1. The number of ether oxygens (including phenoxy) is 2. The standard InChI is InChI=1S/C33H33BrN4O4/c1-20(2)19-37(33(40)36-26-16-10-12-22-11-6-7-13-24(22)26)21(3)31-35-27-15-9-8-14-25(27)32(39)38(31)28-17-23(41-4)18-29(42-5)30(28)34/h6-18,20-21H,19H2,1-5H3,(H,36,40). The molecule has 1 heterocycles. The number of methoxy groups -OCH3 is 2. The Morgan fingerprint density at radius 1 is 0.952 bits per heavy atom. The first-order valence-corrected chi connectivity index (χ1v) is 14.5.